The lowest BCUT2D eigenvalue weighted by molar-refractivity contribution is -0.131. The zero-order valence-corrected chi connectivity index (χ0v) is 15.7. The van der Waals surface area contributed by atoms with Gasteiger partial charge in [0.2, 0.25) is 5.91 Å². The minimum Gasteiger partial charge on any atom is -0.464 e. The predicted octanol–water partition coefficient (Wildman–Crippen LogP) is 2.89. The molecule has 27 heavy (non-hydrogen) atoms. The van der Waals surface area contributed by atoms with Gasteiger partial charge in [0, 0.05) is 13.6 Å². The number of halogens is 3. The fourth-order valence-electron chi connectivity index (χ4n) is 2.29. The van der Waals surface area contributed by atoms with E-state index in [2.05, 4.69) is 14.6 Å². The van der Waals surface area contributed by atoms with Crippen LogP contribution in [0.4, 0.5) is 8.78 Å². The first-order valence-electron chi connectivity index (χ1n) is 7.81. The Bertz CT molecular complexity index is 824. The predicted molar refractivity (Wildman–Crippen MR) is 92.9 cm³/mol. The molecule has 0 atom stereocenters. The summed E-state index contributed by atoms with van der Waals surface area (Å²) in [5.74, 6) is -0.921. The normalized spacial score (nSPS) is 10.8. The van der Waals surface area contributed by atoms with Crippen LogP contribution in [0.3, 0.4) is 0 Å². The summed E-state index contributed by atoms with van der Waals surface area (Å²) in [5.41, 5.74) is 1.15. The van der Waals surface area contributed by atoms with Gasteiger partial charge in [-0.3, -0.25) is 9.48 Å². The Labute approximate surface area is 159 Å². The van der Waals surface area contributed by atoms with Gasteiger partial charge in [0.15, 0.2) is 5.69 Å². The molecule has 0 saturated carbocycles. The summed E-state index contributed by atoms with van der Waals surface area (Å²) in [4.78, 5) is 25.5. The number of aromatic nitrogens is 2. The molecule has 1 heterocycles. The number of amides is 1. The van der Waals surface area contributed by atoms with Gasteiger partial charge in [-0.15, -0.1) is 0 Å². The number of carbonyl (C=O) groups excluding carboxylic acids is 2. The molecule has 0 spiro atoms. The summed E-state index contributed by atoms with van der Waals surface area (Å²) >= 11 is 6.06. The zero-order chi connectivity index (χ0) is 20.1. The van der Waals surface area contributed by atoms with E-state index in [4.69, 9.17) is 11.6 Å². The van der Waals surface area contributed by atoms with E-state index < -0.39 is 12.6 Å². The third kappa shape index (κ3) is 5.16. The summed E-state index contributed by atoms with van der Waals surface area (Å²) in [7, 11) is 2.80. The molecule has 1 amide bonds. The van der Waals surface area contributed by atoms with Crippen LogP contribution in [0.15, 0.2) is 24.3 Å². The zero-order valence-electron chi connectivity index (χ0n) is 14.9. The number of hydrogen-bond acceptors (Lipinski definition) is 5. The maximum Gasteiger partial charge on any atom is 0.387 e. The molecule has 0 aliphatic heterocycles. The van der Waals surface area contributed by atoms with Crippen LogP contribution in [0.2, 0.25) is 5.02 Å². The minimum atomic E-state index is -2.89. The standard InChI is InChI=1S/C17H18ClF2N3O4/c1-10-14(18)15(16(25)26-3)21-23(10)9-13(24)22(2)8-11-4-6-12(7-5-11)27-17(19)20/h4-7,17H,8-9H2,1-3H3. The smallest absolute Gasteiger partial charge is 0.387 e. The Balaban J connectivity index is 2.02. The molecule has 2 aromatic rings. The Morgan fingerprint density at radius 3 is 2.48 bits per heavy atom. The number of hydrogen-bond donors (Lipinski definition) is 0. The van der Waals surface area contributed by atoms with Crippen molar-refractivity contribution < 1.29 is 27.8 Å². The van der Waals surface area contributed by atoms with Crippen LogP contribution in [0.5, 0.6) is 5.75 Å². The molecule has 0 aliphatic rings. The van der Waals surface area contributed by atoms with E-state index in [0.29, 0.717) is 5.69 Å². The molecule has 10 heteroatoms. The maximum atomic E-state index is 12.4. The van der Waals surface area contributed by atoms with E-state index in [0.717, 1.165) is 5.56 Å². The SMILES string of the molecule is COC(=O)c1nn(CC(=O)N(C)Cc2ccc(OC(F)F)cc2)c(C)c1Cl. The lowest BCUT2D eigenvalue weighted by Gasteiger charge is -2.18. The second kappa shape index (κ2) is 8.81. The first-order valence-corrected chi connectivity index (χ1v) is 8.19. The van der Waals surface area contributed by atoms with E-state index in [9.17, 15) is 18.4 Å². The lowest BCUT2D eigenvalue weighted by Crippen LogP contribution is -2.30. The average molecular weight is 402 g/mol. The Hall–Kier alpha value is -2.68. The van der Waals surface area contributed by atoms with Gasteiger partial charge < -0.3 is 14.4 Å². The highest BCUT2D eigenvalue weighted by molar-refractivity contribution is 6.34. The highest BCUT2D eigenvalue weighted by atomic mass is 35.5. The van der Waals surface area contributed by atoms with Gasteiger partial charge in [-0.1, -0.05) is 23.7 Å². The molecule has 0 fully saturated rings. The number of nitrogens with zero attached hydrogens (tertiary/aromatic N) is 3. The van der Waals surface area contributed by atoms with Crippen LogP contribution in [0, 0.1) is 6.92 Å². The number of esters is 1. The van der Waals surface area contributed by atoms with Crippen molar-refractivity contribution in [2.45, 2.75) is 26.6 Å². The maximum absolute atomic E-state index is 12.4. The Morgan fingerprint density at radius 1 is 1.30 bits per heavy atom. The third-order valence-corrected chi connectivity index (χ3v) is 4.24. The first-order chi connectivity index (χ1) is 12.7. The first kappa shape index (κ1) is 20.6. The van der Waals surface area contributed by atoms with E-state index in [-0.39, 0.29) is 35.5 Å². The highest BCUT2D eigenvalue weighted by Gasteiger charge is 2.22. The molecule has 0 unspecified atom stereocenters. The topological polar surface area (TPSA) is 73.7 Å². The number of methoxy groups -OCH3 is 1. The lowest BCUT2D eigenvalue weighted by atomic mass is 10.2. The van der Waals surface area contributed by atoms with Crippen LogP contribution in [-0.4, -0.2) is 47.3 Å². The highest BCUT2D eigenvalue weighted by Crippen LogP contribution is 2.21. The number of rotatable bonds is 7. The van der Waals surface area contributed by atoms with E-state index in [1.807, 2.05) is 0 Å². The molecule has 0 N–H and O–H groups in total. The molecule has 1 aromatic carbocycles. The van der Waals surface area contributed by atoms with Crippen molar-refractivity contribution in [1.82, 2.24) is 14.7 Å². The molecule has 0 radical (unpaired) electrons. The van der Waals surface area contributed by atoms with Crippen LogP contribution < -0.4 is 4.74 Å². The number of carbonyl (C=O) groups is 2. The summed E-state index contributed by atoms with van der Waals surface area (Å²) in [5, 5.41) is 4.16. The quantitative estimate of drug-likeness (QED) is 0.667. The van der Waals surface area contributed by atoms with Gasteiger partial charge in [-0.05, 0) is 24.6 Å². The molecular weight excluding hydrogens is 384 g/mol. The molecule has 0 saturated heterocycles. The van der Waals surface area contributed by atoms with Crippen LogP contribution in [-0.2, 0) is 22.6 Å². The molecule has 146 valence electrons. The average Bonchev–Trinajstić information content (AvgIpc) is 2.90. The van der Waals surface area contributed by atoms with Gasteiger partial charge >= 0.3 is 12.6 Å². The van der Waals surface area contributed by atoms with Crippen LogP contribution >= 0.6 is 11.6 Å². The number of benzene rings is 1. The van der Waals surface area contributed by atoms with Crippen LogP contribution in [0.1, 0.15) is 21.7 Å². The van der Waals surface area contributed by atoms with Crippen LogP contribution in [0.25, 0.3) is 0 Å². The third-order valence-electron chi connectivity index (χ3n) is 3.79. The molecule has 0 bridgehead atoms. The van der Waals surface area contributed by atoms with Crippen molar-refractivity contribution in [3.8, 4) is 5.75 Å². The van der Waals surface area contributed by atoms with Gasteiger partial charge in [0.25, 0.3) is 0 Å². The molecule has 0 aliphatic carbocycles. The molecule has 2 rings (SSSR count). The second-order valence-electron chi connectivity index (χ2n) is 5.67. The Morgan fingerprint density at radius 2 is 1.93 bits per heavy atom. The second-order valence-corrected chi connectivity index (χ2v) is 6.05. The van der Waals surface area contributed by atoms with Crippen molar-refractivity contribution in [2.75, 3.05) is 14.2 Å². The molecular formula is C17H18ClF2N3O4. The monoisotopic (exact) mass is 401 g/mol. The number of ether oxygens (including phenoxy) is 2. The van der Waals surface area contributed by atoms with Gasteiger partial charge in [-0.2, -0.15) is 13.9 Å². The summed E-state index contributed by atoms with van der Waals surface area (Å²) in [6.45, 7) is -1.12. The fourth-order valence-corrected chi connectivity index (χ4v) is 2.50. The van der Waals surface area contributed by atoms with Gasteiger partial charge in [0.05, 0.1) is 17.8 Å². The van der Waals surface area contributed by atoms with E-state index >= 15 is 0 Å². The molecule has 7 nitrogen and oxygen atoms in total. The summed E-state index contributed by atoms with van der Waals surface area (Å²) in [6.07, 6.45) is 0. The minimum absolute atomic E-state index is 0.0416. The summed E-state index contributed by atoms with van der Waals surface area (Å²) < 4.78 is 34.5. The largest absolute Gasteiger partial charge is 0.464 e. The van der Waals surface area contributed by atoms with Crippen molar-refractivity contribution >= 4 is 23.5 Å². The number of alkyl halides is 2. The van der Waals surface area contributed by atoms with Crippen molar-refractivity contribution in [2.24, 2.45) is 0 Å². The van der Waals surface area contributed by atoms with Gasteiger partial charge in [-0.25, -0.2) is 4.79 Å². The Kier molecular flexibility index (Phi) is 6.73. The van der Waals surface area contributed by atoms with E-state index in [1.54, 1.807) is 26.1 Å². The van der Waals surface area contributed by atoms with Crippen molar-refractivity contribution in [3.05, 3.63) is 46.2 Å². The van der Waals surface area contributed by atoms with Crippen molar-refractivity contribution in [3.63, 3.8) is 0 Å². The van der Waals surface area contributed by atoms with Gasteiger partial charge in [0.1, 0.15) is 12.3 Å². The summed E-state index contributed by atoms with van der Waals surface area (Å²) in [6, 6.07) is 5.99. The number of likely N-dealkylation sites (N-methyl/N-ethyl adjacent to an activating group) is 1. The fraction of sp³-hybridized carbons (Fsp3) is 0.353. The van der Waals surface area contributed by atoms with Crippen molar-refractivity contribution in [1.29, 1.82) is 0 Å². The molecule has 1 aromatic heterocycles. The van der Waals surface area contributed by atoms with E-state index in [1.165, 1.54) is 28.8 Å².